The highest BCUT2D eigenvalue weighted by atomic mass is 16.5. The second-order valence-corrected chi connectivity index (χ2v) is 4.39. The first-order valence-corrected chi connectivity index (χ1v) is 6.13. The molecule has 2 N–H and O–H groups in total. The fourth-order valence-electron chi connectivity index (χ4n) is 1.91. The first kappa shape index (κ1) is 13.9. The van der Waals surface area contributed by atoms with E-state index in [0.717, 1.165) is 22.1 Å². The molecule has 0 aromatic heterocycles. The van der Waals surface area contributed by atoms with Crippen LogP contribution < -0.4 is 10.1 Å². The van der Waals surface area contributed by atoms with Crippen LogP contribution in [0.3, 0.4) is 0 Å². The van der Waals surface area contributed by atoms with Crippen molar-refractivity contribution >= 4 is 22.6 Å². The molecular formula is C15H15NO4. The Morgan fingerprint density at radius 3 is 2.55 bits per heavy atom. The van der Waals surface area contributed by atoms with Crippen molar-refractivity contribution in [1.82, 2.24) is 5.32 Å². The smallest absolute Gasteiger partial charge is 0.312 e. The van der Waals surface area contributed by atoms with Crippen molar-refractivity contribution in [2.45, 2.75) is 13.0 Å². The first-order valence-electron chi connectivity index (χ1n) is 6.13. The lowest BCUT2D eigenvalue weighted by molar-refractivity contribution is -0.140. The second kappa shape index (κ2) is 6.06. The summed E-state index contributed by atoms with van der Waals surface area (Å²) in [5.41, 5.74) is 0.918. The van der Waals surface area contributed by atoms with Crippen LogP contribution in [0.1, 0.15) is 12.0 Å². The largest absolute Gasteiger partial charge is 0.497 e. The van der Waals surface area contributed by atoms with E-state index in [9.17, 15) is 9.59 Å². The van der Waals surface area contributed by atoms with Gasteiger partial charge in [-0.05, 0) is 34.5 Å². The maximum Gasteiger partial charge on any atom is 0.312 e. The first-order chi connectivity index (χ1) is 9.58. The topological polar surface area (TPSA) is 75.6 Å². The number of carboxylic acids is 1. The van der Waals surface area contributed by atoms with E-state index < -0.39 is 18.3 Å². The van der Waals surface area contributed by atoms with Crippen molar-refractivity contribution in [3.63, 3.8) is 0 Å². The van der Waals surface area contributed by atoms with Gasteiger partial charge in [0, 0.05) is 6.54 Å². The zero-order chi connectivity index (χ0) is 14.5. The van der Waals surface area contributed by atoms with E-state index in [1.165, 1.54) is 0 Å². The number of fused-ring (bicyclic) bond motifs is 1. The number of amides is 1. The third kappa shape index (κ3) is 3.47. The average Bonchev–Trinajstić information content (AvgIpc) is 2.43. The Morgan fingerprint density at radius 1 is 1.15 bits per heavy atom. The molecular weight excluding hydrogens is 258 g/mol. The monoisotopic (exact) mass is 273 g/mol. The predicted molar refractivity (Wildman–Crippen MR) is 74.6 cm³/mol. The third-order valence-corrected chi connectivity index (χ3v) is 2.91. The summed E-state index contributed by atoms with van der Waals surface area (Å²) in [7, 11) is 1.62. The maximum atomic E-state index is 11.3. The molecule has 104 valence electrons. The van der Waals surface area contributed by atoms with Gasteiger partial charge in [-0.1, -0.05) is 18.2 Å². The van der Waals surface area contributed by atoms with Crippen LogP contribution in [0.25, 0.3) is 10.8 Å². The molecule has 0 atom stereocenters. The van der Waals surface area contributed by atoms with Crippen LogP contribution >= 0.6 is 0 Å². The van der Waals surface area contributed by atoms with Gasteiger partial charge >= 0.3 is 5.97 Å². The molecule has 0 aliphatic rings. The van der Waals surface area contributed by atoms with Crippen LogP contribution in [-0.2, 0) is 16.1 Å². The Morgan fingerprint density at radius 2 is 1.85 bits per heavy atom. The van der Waals surface area contributed by atoms with Gasteiger partial charge in [-0.3, -0.25) is 9.59 Å². The molecule has 1 amide bonds. The van der Waals surface area contributed by atoms with Gasteiger partial charge in [0.25, 0.3) is 0 Å². The van der Waals surface area contributed by atoms with E-state index in [-0.39, 0.29) is 0 Å². The Balaban J connectivity index is 2.08. The van der Waals surface area contributed by atoms with Crippen LogP contribution in [0.5, 0.6) is 5.75 Å². The molecule has 0 unspecified atom stereocenters. The standard InChI is InChI=1S/C15H15NO4/c1-20-13-5-4-11-6-10(2-3-12(11)7-13)9-16-14(17)8-15(18)19/h2-7H,8-9H2,1H3,(H,16,17)(H,18,19). The van der Waals surface area contributed by atoms with Gasteiger partial charge in [-0.2, -0.15) is 0 Å². The number of carboxylic acid groups (broad SMARTS) is 1. The molecule has 2 rings (SSSR count). The van der Waals surface area contributed by atoms with Crippen LogP contribution in [0.2, 0.25) is 0 Å². The number of benzene rings is 2. The van der Waals surface area contributed by atoms with E-state index in [1.807, 2.05) is 36.4 Å². The van der Waals surface area contributed by atoms with E-state index in [1.54, 1.807) is 7.11 Å². The lowest BCUT2D eigenvalue weighted by atomic mass is 10.1. The van der Waals surface area contributed by atoms with Gasteiger partial charge in [-0.15, -0.1) is 0 Å². The lowest BCUT2D eigenvalue weighted by Gasteiger charge is -2.07. The fourth-order valence-corrected chi connectivity index (χ4v) is 1.91. The lowest BCUT2D eigenvalue weighted by Crippen LogP contribution is -2.24. The zero-order valence-electron chi connectivity index (χ0n) is 11.1. The highest BCUT2D eigenvalue weighted by molar-refractivity contribution is 5.93. The average molecular weight is 273 g/mol. The molecule has 2 aromatic carbocycles. The minimum Gasteiger partial charge on any atom is -0.497 e. The molecule has 2 aromatic rings. The molecule has 0 fully saturated rings. The quantitative estimate of drug-likeness (QED) is 0.816. The van der Waals surface area contributed by atoms with E-state index in [4.69, 9.17) is 9.84 Å². The number of carbonyl (C=O) groups is 2. The molecule has 0 aliphatic carbocycles. The fraction of sp³-hybridized carbons (Fsp3) is 0.200. The highest BCUT2D eigenvalue weighted by Gasteiger charge is 2.07. The van der Waals surface area contributed by atoms with Crippen LogP contribution in [0.15, 0.2) is 36.4 Å². The summed E-state index contributed by atoms with van der Waals surface area (Å²) in [6.07, 6.45) is -0.509. The van der Waals surface area contributed by atoms with Crippen LogP contribution in [0.4, 0.5) is 0 Å². The number of hydrogen-bond acceptors (Lipinski definition) is 3. The van der Waals surface area contributed by atoms with Gasteiger partial charge in [-0.25, -0.2) is 0 Å². The summed E-state index contributed by atoms with van der Waals surface area (Å²) in [5.74, 6) is -0.833. The number of carbonyl (C=O) groups excluding carboxylic acids is 1. The molecule has 0 saturated carbocycles. The number of ether oxygens (including phenoxy) is 1. The second-order valence-electron chi connectivity index (χ2n) is 4.39. The molecule has 5 heteroatoms. The summed E-state index contributed by atoms with van der Waals surface area (Å²) in [6.45, 7) is 0.314. The van der Waals surface area contributed by atoms with Gasteiger partial charge in [0.2, 0.25) is 5.91 Å². The highest BCUT2D eigenvalue weighted by Crippen LogP contribution is 2.21. The number of nitrogens with one attached hydrogen (secondary N) is 1. The summed E-state index contributed by atoms with van der Waals surface area (Å²) in [6, 6.07) is 11.5. The summed E-state index contributed by atoms with van der Waals surface area (Å²) < 4.78 is 5.16. The summed E-state index contributed by atoms with van der Waals surface area (Å²) in [4.78, 5) is 21.6. The zero-order valence-corrected chi connectivity index (χ0v) is 11.1. The minimum absolute atomic E-state index is 0.314. The molecule has 0 bridgehead atoms. The van der Waals surface area contributed by atoms with Gasteiger partial charge in [0.15, 0.2) is 0 Å². The molecule has 5 nitrogen and oxygen atoms in total. The maximum absolute atomic E-state index is 11.3. The summed E-state index contributed by atoms with van der Waals surface area (Å²) in [5, 5.41) is 13.2. The van der Waals surface area contributed by atoms with Gasteiger partial charge < -0.3 is 15.2 Å². The Kier molecular flexibility index (Phi) is 4.20. The molecule has 0 heterocycles. The predicted octanol–water partition coefficient (Wildman–Crippen LogP) is 1.94. The van der Waals surface area contributed by atoms with Gasteiger partial charge in [0.1, 0.15) is 12.2 Å². The third-order valence-electron chi connectivity index (χ3n) is 2.91. The summed E-state index contributed by atoms with van der Waals surface area (Å²) >= 11 is 0. The normalized spacial score (nSPS) is 10.2. The molecule has 0 radical (unpaired) electrons. The Hall–Kier alpha value is -2.56. The van der Waals surface area contributed by atoms with Crippen LogP contribution in [-0.4, -0.2) is 24.1 Å². The molecule has 0 saturated heterocycles. The Labute approximate surface area is 116 Å². The van der Waals surface area contributed by atoms with Gasteiger partial charge in [0.05, 0.1) is 7.11 Å². The van der Waals surface area contributed by atoms with E-state index in [0.29, 0.717) is 6.54 Å². The van der Waals surface area contributed by atoms with Crippen molar-refractivity contribution in [2.75, 3.05) is 7.11 Å². The minimum atomic E-state index is -1.13. The Bertz CT molecular complexity index is 651. The number of rotatable bonds is 5. The van der Waals surface area contributed by atoms with Crippen molar-refractivity contribution in [3.8, 4) is 5.75 Å². The van der Waals surface area contributed by atoms with Crippen molar-refractivity contribution in [3.05, 3.63) is 42.0 Å². The number of aliphatic carboxylic acids is 1. The molecule has 0 spiro atoms. The van der Waals surface area contributed by atoms with E-state index in [2.05, 4.69) is 5.32 Å². The number of methoxy groups -OCH3 is 1. The van der Waals surface area contributed by atoms with Crippen molar-refractivity contribution in [1.29, 1.82) is 0 Å². The van der Waals surface area contributed by atoms with E-state index >= 15 is 0 Å². The number of hydrogen-bond donors (Lipinski definition) is 2. The van der Waals surface area contributed by atoms with Crippen molar-refractivity contribution in [2.24, 2.45) is 0 Å². The van der Waals surface area contributed by atoms with Crippen molar-refractivity contribution < 1.29 is 19.4 Å². The van der Waals surface area contributed by atoms with Crippen LogP contribution in [0, 0.1) is 0 Å². The molecule has 0 aliphatic heterocycles. The SMILES string of the molecule is COc1ccc2cc(CNC(=O)CC(=O)O)ccc2c1. The molecule has 20 heavy (non-hydrogen) atoms.